The maximum atomic E-state index is 13.2. The molecule has 1 amide bonds. The van der Waals surface area contributed by atoms with Gasteiger partial charge in [0.25, 0.3) is 5.91 Å². The minimum atomic E-state index is -0.174. The third-order valence-corrected chi connectivity index (χ3v) is 5.40. The highest BCUT2D eigenvalue weighted by atomic mass is 16.5. The fraction of sp³-hybridized carbons (Fsp3) is 0.0714. The fourth-order valence-corrected chi connectivity index (χ4v) is 3.67. The topological polar surface area (TPSA) is 77.0 Å². The van der Waals surface area contributed by atoms with Crippen LogP contribution < -0.4 is 10.1 Å². The van der Waals surface area contributed by atoms with Crippen LogP contribution in [0.4, 0.5) is 0 Å². The van der Waals surface area contributed by atoms with Crippen molar-refractivity contribution in [1.29, 1.82) is 0 Å². The zero-order valence-corrected chi connectivity index (χ0v) is 18.4. The molecule has 0 saturated carbocycles. The summed E-state index contributed by atoms with van der Waals surface area (Å²) in [6.07, 6.45) is 5.14. The number of carbonyl (C=O) groups excluding carboxylic acids is 1. The Morgan fingerprint density at radius 1 is 0.853 bits per heavy atom. The van der Waals surface area contributed by atoms with E-state index in [1.165, 1.54) is 0 Å². The van der Waals surface area contributed by atoms with Crippen LogP contribution >= 0.6 is 0 Å². The Kier molecular flexibility index (Phi) is 6.21. The first-order chi connectivity index (χ1) is 16.8. The number of ether oxygens (including phenoxy) is 1. The average molecular weight is 447 g/mol. The lowest BCUT2D eigenvalue weighted by Gasteiger charge is -2.11. The van der Waals surface area contributed by atoms with E-state index >= 15 is 0 Å². The normalized spacial score (nSPS) is 10.7. The molecule has 0 saturated heterocycles. The van der Waals surface area contributed by atoms with Crippen molar-refractivity contribution in [3.63, 3.8) is 0 Å². The van der Waals surface area contributed by atoms with Gasteiger partial charge in [-0.1, -0.05) is 48.5 Å². The van der Waals surface area contributed by atoms with Crippen molar-refractivity contribution in [3.05, 3.63) is 120 Å². The minimum absolute atomic E-state index is 0.174. The third kappa shape index (κ3) is 4.91. The molecule has 5 aromatic rings. The number of rotatable bonds is 7. The quantitative estimate of drug-likeness (QED) is 0.372. The molecule has 0 spiro atoms. The van der Waals surface area contributed by atoms with E-state index in [2.05, 4.69) is 15.3 Å². The van der Waals surface area contributed by atoms with Gasteiger partial charge in [0.2, 0.25) is 5.88 Å². The van der Waals surface area contributed by atoms with Gasteiger partial charge in [-0.05, 0) is 41.5 Å². The predicted molar refractivity (Wildman–Crippen MR) is 131 cm³/mol. The second-order valence-corrected chi connectivity index (χ2v) is 7.77. The Morgan fingerprint density at radius 3 is 2.56 bits per heavy atom. The van der Waals surface area contributed by atoms with Gasteiger partial charge in [-0.2, -0.15) is 0 Å². The lowest BCUT2D eigenvalue weighted by Crippen LogP contribution is -2.23. The summed E-state index contributed by atoms with van der Waals surface area (Å²) in [4.78, 5) is 26.4. The maximum Gasteiger partial charge on any atom is 0.252 e. The molecule has 0 radical (unpaired) electrons. The molecule has 6 heteroatoms. The number of nitrogens with one attached hydrogen (secondary N) is 1. The smallest absolute Gasteiger partial charge is 0.252 e. The number of aromatic nitrogens is 3. The number of amides is 1. The summed E-state index contributed by atoms with van der Waals surface area (Å²) in [5.74, 6) is 0.344. The molecule has 2 aromatic carbocycles. The summed E-state index contributed by atoms with van der Waals surface area (Å²) in [5, 5.41) is 3.82. The van der Waals surface area contributed by atoms with Crippen LogP contribution in [0.25, 0.3) is 22.2 Å². The molecule has 0 aliphatic rings. The van der Waals surface area contributed by atoms with E-state index in [-0.39, 0.29) is 5.91 Å². The average Bonchev–Trinajstić information content (AvgIpc) is 2.91. The van der Waals surface area contributed by atoms with Crippen molar-refractivity contribution in [2.75, 3.05) is 0 Å². The van der Waals surface area contributed by atoms with Gasteiger partial charge in [0.1, 0.15) is 6.61 Å². The SMILES string of the molecule is O=C(NCc1ccnc(OCc2ccccc2)c1)c1cc(-c2cccnc2)nc2ccccc12. The Hall–Kier alpha value is -4.58. The van der Waals surface area contributed by atoms with Crippen LogP contribution in [0, 0.1) is 0 Å². The Labute approximate surface area is 197 Å². The molecular formula is C28H22N4O2. The number of fused-ring (bicyclic) bond motifs is 1. The van der Waals surface area contributed by atoms with Gasteiger partial charge in [-0.25, -0.2) is 9.97 Å². The minimum Gasteiger partial charge on any atom is -0.473 e. The first kappa shape index (κ1) is 21.3. The van der Waals surface area contributed by atoms with E-state index in [0.29, 0.717) is 30.3 Å². The molecule has 0 aliphatic carbocycles. The van der Waals surface area contributed by atoms with Crippen LogP contribution in [-0.2, 0) is 13.2 Å². The van der Waals surface area contributed by atoms with Crippen molar-refractivity contribution in [1.82, 2.24) is 20.3 Å². The summed E-state index contributed by atoms with van der Waals surface area (Å²) < 4.78 is 5.81. The number of hydrogen-bond donors (Lipinski definition) is 1. The van der Waals surface area contributed by atoms with Crippen LogP contribution in [0.3, 0.4) is 0 Å². The van der Waals surface area contributed by atoms with Crippen LogP contribution in [0.15, 0.2) is 104 Å². The van der Waals surface area contributed by atoms with E-state index in [1.54, 1.807) is 18.6 Å². The van der Waals surface area contributed by atoms with E-state index in [1.807, 2.05) is 84.9 Å². The third-order valence-electron chi connectivity index (χ3n) is 5.40. The van der Waals surface area contributed by atoms with Crippen molar-refractivity contribution < 1.29 is 9.53 Å². The van der Waals surface area contributed by atoms with Crippen molar-refractivity contribution >= 4 is 16.8 Å². The molecule has 0 bridgehead atoms. The zero-order valence-electron chi connectivity index (χ0n) is 18.4. The number of hydrogen-bond acceptors (Lipinski definition) is 5. The number of carbonyl (C=O) groups is 1. The maximum absolute atomic E-state index is 13.2. The van der Waals surface area contributed by atoms with Gasteiger partial charge < -0.3 is 10.1 Å². The van der Waals surface area contributed by atoms with Gasteiger partial charge in [-0.15, -0.1) is 0 Å². The molecule has 6 nitrogen and oxygen atoms in total. The lowest BCUT2D eigenvalue weighted by atomic mass is 10.0. The number of para-hydroxylation sites is 1. The van der Waals surface area contributed by atoms with Crippen molar-refractivity contribution in [2.24, 2.45) is 0 Å². The molecule has 0 aliphatic heterocycles. The Balaban J connectivity index is 1.33. The van der Waals surface area contributed by atoms with Crippen molar-refractivity contribution in [2.45, 2.75) is 13.2 Å². The van der Waals surface area contributed by atoms with Gasteiger partial charge in [0, 0.05) is 42.2 Å². The molecule has 34 heavy (non-hydrogen) atoms. The monoisotopic (exact) mass is 446 g/mol. The van der Waals surface area contributed by atoms with E-state index in [4.69, 9.17) is 9.72 Å². The largest absolute Gasteiger partial charge is 0.473 e. The first-order valence-electron chi connectivity index (χ1n) is 11.0. The highest BCUT2D eigenvalue weighted by Gasteiger charge is 2.14. The molecule has 0 unspecified atom stereocenters. The van der Waals surface area contributed by atoms with E-state index in [0.717, 1.165) is 27.6 Å². The Morgan fingerprint density at radius 2 is 1.71 bits per heavy atom. The number of nitrogens with zero attached hydrogens (tertiary/aromatic N) is 3. The molecule has 3 aromatic heterocycles. The van der Waals surface area contributed by atoms with Gasteiger partial charge in [0.05, 0.1) is 16.8 Å². The van der Waals surface area contributed by atoms with Gasteiger partial charge in [-0.3, -0.25) is 9.78 Å². The predicted octanol–water partition coefficient (Wildman–Crippen LogP) is 5.20. The highest BCUT2D eigenvalue weighted by molar-refractivity contribution is 6.07. The summed E-state index contributed by atoms with van der Waals surface area (Å²) >= 11 is 0. The first-order valence-corrected chi connectivity index (χ1v) is 11.0. The second-order valence-electron chi connectivity index (χ2n) is 7.77. The van der Waals surface area contributed by atoms with Crippen LogP contribution in [-0.4, -0.2) is 20.9 Å². The van der Waals surface area contributed by atoms with Crippen LogP contribution in [0.2, 0.25) is 0 Å². The number of benzene rings is 2. The van der Waals surface area contributed by atoms with Crippen LogP contribution in [0.5, 0.6) is 5.88 Å². The summed E-state index contributed by atoms with van der Waals surface area (Å²) in [5.41, 5.74) is 4.86. The molecular weight excluding hydrogens is 424 g/mol. The summed E-state index contributed by atoms with van der Waals surface area (Å²) in [6, 6.07) is 26.9. The van der Waals surface area contributed by atoms with Crippen LogP contribution in [0.1, 0.15) is 21.5 Å². The van der Waals surface area contributed by atoms with Crippen molar-refractivity contribution in [3.8, 4) is 17.1 Å². The molecule has 0 atom stereocenters. The molecule has 166 valence electrons. The van der Waals surface area contributed by atoms with E-state index in [9.17, 15) is 4.79 Å². The molecule has 5 rings (SSSR count). The van der Waals surface area contributed by atoms with Gasteiger partial charge in [0.15, 0.2) is 0 Å². The summed E-state index contributed by atoms with van der Waals surface area (Å²) in [6.45, 7) is 0.783. The molecule has 1 N–H and O–H groups in total. The van der Waals surface area contributed by atoms with E-state index < -0.39 is 0 Å². The molecule has 0 fully saturated rings. The highest BCUT2D eigenvalue weighted by Crippen LogP contribution is 2.24. The fourth-order valence-electron chi connectivity index (χ4n) is 3.67. The second kappa shape index (κ2) is 9.92. The van der Waals surface area contributed by atoms with Gasteiger partial charge >= 0.3 is 0 Å². The standard InChI is InChI=1S/C28H22N4O2/c33-28(31-17-21-12-14-30-27(15-21)34-19-20-7-2-1-3-8-20)24-16-26(22-9-6-13-29-18-22)32-25-11-5-4-10-23(24)25/h1-16,18H,17,19H2,(H,31,33). The molecule has 3 heterocycles. The Bertz CT molecular complexity index is 1420. The lowest BCUT2D eigenvalue weighted by molar-refractivity contribution is 0.0952. The summed E-state index contributed by atoms with van der Waals surface area (Å²) in [7, 11) is 0. The zero-order chi connectivity index (χ0) is 23.2. The number of pyridine rings is 3.